The first kappa shape index (κ1) is 13.3. The molecule has 1 aliphatic carbocycles. The largest absolute Gasteiger partial charge is 0.378 e. The van der Waals surface area contributed by atoms with Crippen molar-refractivity contribution in [2.45, 2.75) is 57.1 Å². The first-order valence-electron chi connectivity index (χ1n) is 7.38. The molecule has 0 spiro atoms. The number of likely N-dealkylation sites (tertiary alicyclic amines) is 1. The molecular weight excluding hydrogens is 212 g/mol. The van der Waals surface area contributed by atoms with Gasteiger partial charge in [-0.05, 0) is 45.8 Å². The molecule has 2 rings (SSSR count). The molecule has 100 valence electrons. The quantitative estimate of drug-likeness (QED) is 0.719. The first-order chi connectivity index (χ1) is 8.34. The van der Waals surface area contributed by atoms with Gasteiger partial charge < -0.3 is 15.0 Å². The van der Waals surface area contributed by atoms with Crippen LogP contribution in [0.3, 0.4) is 0 Å². The van der Waals surface area contributed by atoms with Crippen molar-refractivity contribution in [2.24, 2.45) is 0 Å². The van der Waals surface area contributed by atoms with Crippen molar-refractivity contribution < 1.29 is 4.74 Å². The Morgan fingerprint density at radius 3 is 2.71 bits per heavy atom. The Morgan fingerprint density at radius 2 is 2.00 bits per heavy atom. The summed E-state index contributed by atoms with van der Waals surface area (Å²) in [5.74, 6) is 0. The van der Waals surface area contributed by atoms with Gasteiger partial charge in [-0.1, -0.05) is 19.3 Å². The summed E-state index contributed by atoms with van der Waals surface area (Å²) >= 11 is 0. The molecular formula is C14H28N2O. The molecule has 1 saturated carbocycles. The van der Waals surface area contributed by atoms with E-state index in [1.165, 1.54) is 51.6 Å². The lowest BCUT2D eigenvalue weighted by atomic mass is 9.98. The molecule has 0 radical (unpaired) electrons. The minimum Gasteiger partial charge on any atom is -0.378 e. The van der Waals surface area contributed by atoms with E-state index in [-0.39, 0.29) is 0 Å². The van der Waals surface area contributed by atoms with E-state index >= 15 is 0 Å². The maximum atomic E-state index is 5.92. The maximum absolute atomic E-state index is 5.92. The second-order valence-electron chi connectivity index (χ2n) is 5.69. The van der Waals surface area contributed by atoms with Crippen LogP contribution in [0.2, 0.25) is 0 Å². The molecule has 0 aromatic heterocycles. The van der Waals surface area contributed by atoms with Crippen LogP contribution in [0.1, 0.15) is 44.9 Å². The summed E-state index contributed by atoms with van der Waals surface area (Å²) in [5, 5.41) is 3.63. The summed E-state index contributed by atoms with van der Waals surface area (Å²) < 4.78 is 5.92. The average molecular weight is 240 g/mol. The molecule has 3 nitrogen and oxygen atoms in total. The highest BCUT2D eigenvalue weighted by atomic mass is 16.5. The van der Waals surface area contributed by atoms with Crippen LogP contribution in [0.15, 0.2) is 0 Å². The summed E-state index contributed by atoms with van der Waals surface area (Å²) in [4.78, 5) is 2.40. The third kappa shape index (κ3) is 4.94. The van der Waals surface area contributed by atoms with E-state index in [1.807, 2.05) is 0 Å². The zero-order valence-corrected chi connectivity index (χ0v) is 11.3. The zero-order valence-electron chi connectivity index (χ0n) is 11.3. The van der Waals surface area contributed by atoms with Crippen LogP contribution in [0, 0.1) is 0 Å². The number of nitrogens with zero attached hydrogens (tertiary/aromatic N) is 1. The van der Waals surface area contributed by atoms with Crippen LogP contribution >= 0.6 is 0 Å². The standard InChI is InChI=1S/C14H28N2O/c1-16-10-8-13(12-16)15-9-5-11-17-14-6-3-2-4-7-14/h13-15H,2-12H2,1H3. The molecule has 0 aromatic carbocycles. The summed E-state index contributed by atoms with van der Waals surface area (Å²) in [7, 11) is 2.20. The third-order valence-electron chi connectivity index (χ3n) is 4.05. The van der Waals surface area contributed by atoms with Gasteiger partial charge in [-0.25, -0.2) is 0 Å². The molecule has 0 aromatic rings. The lowest BCUT2D eigenvalue weighted by molar-refractivity contribution is 0.0271. The van der Waals surface area contributed by atoms with Crippen LogP contribution in [0.25, 0.3) is 0 Å². The second kappa shape index (κ2) is 7.34. The maximum Gasteiger partial charge on any atom is 0.0575 e. The molecule has 1 N–H and O–H groups in total. The molecule has 1 saturated heterocycles. The van der Waals surface area contributed by atoms with Crippen molar-refractivity contribution in [1.29, 1.82) is 0 Å². The van der Waals surface area contributed by atoms with E-state index in [9.17, 15) is 0 Å². The predicted octanol–water partition coefficient (Wildman–Crippen LogP) is 2.02. The Balaban J connectivity index is 1.43. The minimum absolute atomic E-state index is 0.571. The van der Waals surface area contributed by atoms with E-state index in [2.05, 4.69) is 17.3 Å². The minimum atomic E-state index is 0.571. The van der Waals surface area contributed by atoms with Crippen molar-refractivity contribution in [3.63, 3.8) is 0 Å². The predicted molar refractivity (Wildman–Crippen MR) is 71.3 cm³/mol. The van der Waals surface area contributed by atoms with Crippen molar-refractivity contribution in [2.75, 3.05) is 33.3 Å². The van der Waals surface area contributed by atoms with Gasteiger partial charge in [0.2, 0.25) is 0 Å². The molecule has 3 heteroatoms. The lowest BCUT2D eigenvalue weighted by Crippen LogP contribution is -2.32. The summed E-state index contributed by atoms with van der Waals surface area (Å²) in [6.45, 7) is 4.52. The Morgan fingerprint density at radius 1 is 1.18 bits per heavy atom. The Labute approximate surface area is 106 Å². The second-order valence-corrected chi connectivity index (χ2v) is 5.69. The fourth-order valence-corrected chi connectivity index (χ4v) is 2.96. The summed E-state index contributed by atoms with van der Waals surface area (Å²) in [6, 6.07) is 0.717. The van der Waals surface area contributed by atoms with Crippen LogP contribution < -0.4 is 5.32 Å². The SMILES string of the molecule is CN1CCC(NCCCOC2CCCCC2)C1. The first-order valence-corrected chi connectivity index (χ1v) is 7.38. The van der Waals surface area contributed by atoms with E-state index < -0.39 is 0 Å². The number of hydrogen-bond donors (Lipinski definition) is 1. The van der Waals surface area contributed by atoms with Gasteiger partial charge >= 0.3 is 0 Å². The normalized spacial score (nSPS) is 27.7. The third-order valence-corrected chi connectivity index (χ3v) is 4.05. The highest BCUT2D eigenvalue weighted by Crippen LogP contribution is 2.20. The van der Waals surface area contributed by atoms with E-state index in [1.54, 1.807) is 0 Å². The Bertz CT molecular complexity index is 198. The topological polar surface area (TPSA) is 24.5 Å². The summed E-state index contributed by atoms with van der Waals surface area (Å²) in [6.07, 6.45) is 9.78. The van der Waals surface area contributed by atoms with Crippen molar-refractivity contribution >= 4 is 0 Å². The molecule has 2 aliphatic rings. The van der Waals surface area contributed by atoms with Crippen LogP contribution in [0.5, 0.6) is 0 Å². The zero-order chi connectivity index (χ0) is 11.9. The average Bonchev–Trinajstić information content (AvgIpc) is 2.76. The summed E-state index contributed by atoms with van der Waals surface area (Å²) in [5.41, 5.74) is 0. The molecule has 0 bridgehead atoms. The fourth-order valence-electron chi connectivity index (χ4n) is 2.96. The van der Waals surface area contributed by atoms with Gasteiger partial charge in [0.15, 0.2) is 0 Å². The van der Waals surface area contributed by atoms with Gasteiger partial charge in [0.25, 0.3) is 0 Å². The van der Waals surface area contributed by atoms with Crippen LogP contribution in [-0.2, 0) is 4.74 Å². The molecule has 1 atom stereocenters. The number of nitrogens with one attached hydrogen (secondary N) is 1. The molecule has 0 amide bonds. The highest BCUT2D eigenvalue weighted by molar-refractivity contribution is 4.78. The lowest BCUT2D eigenvalue weighted by Gasteiger charge is -2.22. The van der Waals surface area contributed by atoms with E-state index in [0.717, 1.165) is 25.6 Å². The number of hydrogen-bond acceptors (Lipinski definition) is 3. The Hall–Kier alpha value is -0.120. The van der Waals surface area contributed by atoms with Crippen molar-refractivity contribution in [1.82, 2.24) is 10.2 Å². The highest BCUT2D eigenvalue weighted by Gasteiger charge is 2.18. The monoisotopic (exact) mass is 240 g/mol. The van der Waals surface area contributed by atoms with Gasteiger partial charge in [0.1, 0.15) is 0 Å². The van der Waals surface area contributed by atoms with Gasteiger partial charge in [-0.15, -0.1) is 0 Å². The van der Waals surface area contributed by atoms with E-state index in [0.29, 0.717) is 6.10 Å². The smallest absolute Gasteiger partial charge is 0.0575 e. The van der Waals surface area contributed by atoms with Crippen LogP contribution in [0.4, 0.5) is 0 Å². The Kier molecular flexibility index (Phi) is 5.75. The van der Waals surface area contributed by atoms with Crippen molar-refractivity contribution in [3.05, 3.63) is 0 Å². The van der Waals surface area contributed by atoms with E-state index in [4.69, 9.17) is 4.74 Å². The van der Waals surface area contributed by atoms with Gasteiger partial charge in [0, 0.05) is 19.2 Å². The van der Waals surface area contributed by atoms with Gasteiger partial charge in [0.05, 0.1) is 6.10 Å². The molecule has 2 fully saturated rings. The molecule has 1 unspecified atom stereocenters. The number of likely N-dealkylation sites (N-methyl/N-ethyl adjacent to an activating group) is 1. The fraction of sp³-hybridized carbons (Fsp3) is 1.00. The van der Waals surface area contributed by atoms with Gasteiger partial charge in [-0.2, -0.15) is 0 Å². The molecule has 1 heterocycles. The van der Waals surface area contributed by atoms with Gasteiger partial charge in [-0.3, -0.25) is 0 Å². The number of rotatable bonds is 6. The molecule has 1 aliphatic heterocycles. The molecule has 17 heavy (non-hydrogen) atoms. The van der Waals surface area contributed by atoms with Crippen LogP contribution in [-0.4, -0.2) is 50.3 Å². The number of ether oxygens (including phenoxy) is 1. The van der Waals surface area contributed by atoms with Crippen molar-refractivity contribution in [3.8, 4) is 0 Å².